The molecule has 0 bridgehead atoms. The van der Waals surface area contributed by atoms with Gasteiger partial charge in [0.25, 0.3) is 0 Å². The van der Waals surface area contributed by atoms with Crippen LogP contribution in [0.2, 0.25) is 0 Å². The van der Waals surface area contributed by atoms with Crippen molar-refractivity contribution in [2.24, 2.45) is 0 Å². The second kappa shape index (κ2) is 38.2. The van der Waals surface area contributed by atoms with E-state index in [0.717, 1.165) is 45.0 Å². The Bertz CT molecular complexity index is 1780. The van der Waals surface area contributed by atoms with Gasteiger partial charge in [0.2, 0.25) is 0 Å². The minimum absolute atomic E-state index is 1.05. The summed E-state index contributed by atoms with van der Waals surface area (Å²) in [7, 11) is 0. The quantitative estimate of drug-likeness (QED) is 0.0685. The molecule has 0 N–H and O–H groups in total. The van der Waals surface area contributed by atoms with Crippen LogP contribution in [-0.4, -0.2) is 8.80 Å². The van der Waals surface area contributed by atoms with Crippen molar-refractivity contribution >= 4 is 42.7 Å². The van der Waals surface area contributed by atoms with Gasteiger partial charge in [-0.3, -0.25) is 0 Å². The zero-order chi connectivity index (χ0) is 44.6. The van der Waals surface area contributed by atoms with Gasteiger partial charge in [-0.05, 0) is 0 Å². The van der Waals surface area contributed by atoms with E-state index in [1.54, 1.807) is 0 Å². The fraction of sp³-hybridized carbons (Fsp3) is 0.179. The summed E-state index contributed by atoms with van der Waals surface area (Å²) in [5.74, 6) is 0. The molecule has 60 heavy (non-hydrogen) atoms. The number of rotatable bonds is 12. The number of hydrogen-bond acceptors (Lipinski definition) is 2. The summed E-state index contributed by atoms with van der Waals surface area (Å²) in [6.45, 7) is 20.0. The predicted molar refractivity (Wildman–Crippen MR) is 263 cm³/mol. The van der Waals surface area contributed by atoms with Gasteiger partial charge >= 0.3 is 321 Å². The first kappa shape index (κ1) is 55.0. The molecule has 0 fully saturated rings. The van der Waals surface area contributed by atoms with Crippen molar-refractivity contribution in [3.8, 4) is 0 Å². The van der Waals surface area contributed by atoms with Gasteiger partial charge in [0.05, 0.1) is 0 Å². The number of anilines is 4. The van der Waals surface area contributed by atoms with Gasteiger partial charge < -0.3 is 0 Å². The van der Waals surface area contributed by atoms with Crippen LogP contribution in [0, 0.1) is 12.4 Å². The number of benzene rings is 6. The van der Waals surface area contributed by atoms with Gasteiger partial charge in [0, 0.05) is 0 Å². The molecule has 0 aromatic heterocycles. The number of para-hydroxylation sites is 4. The topological polar surface area (TPSA) is 6.48 Å². The van der Waals surface area contributed by atoms with Gasteiger partial charge in [-0.25, -0.2) is 0 Å². The van der Waals surface area contributed by atoms with Gasteiger partial charge in [0.1, 0.15) is 0 Å². The zero-order valence-electron chi connectivity index (χ0n) is 37.5. The van der Waals surface area contributed by atoms with Gasteiger partial charge in [-0.1, -0.05) is 69.2 Å². The summed E-state index contributed by atoms with van der Waals surface area (Å²) >= 11 is 2.86. The number of hydrogen-bond donors (Lipinski definition) is 0. The molecule has 0 atom stereocenters. The summed E-state index contributed by atoms with van der Waals surface area (Å²) in [4.78, 5) is 4.21. The fourth-order valence-electron chi connectivity index (χ4n) is 5.01. The molecule has 0 amide bonds. The van der Waals surface area contributed by atoms with Crippen LogP contribution in [0.15, 0.2) is 206 Å². The molecule has 0 saturated carbocycles. The van der Waals surface area contributed by atoms with Crippen molar-refractivity contribution in [1.82, 2.24) is 0 Å². The van der Waals surface area contributed by atoms with E-state index >= 15 is 0 Å². The number of nitrogens with zero attached hydrogens (tertiary/aromatic N) is 2. The van der Waals surface area contributed by atoms with Crippen LogP contribution < -0.4 is 9.80 Å². The van der Waals surface area contributed by atoms with Gasteiger partial charge in [0.15, 0.2) is 0 Å². The Labute approximate surface area is 387 Å². The standard InChI is InChI=1S/2C23H18N.5C2H6.2W/c2*1-2-12-21(20-13-6-3-7-14-20)19-24(22-15-8-4-9-16-22)23-17-10-5-11-18-23;5*1-2;;/h2*1-18H;5*1-2H3;;/q2*-1;;;;;;;. The average Bonchev–Trinajstić information content (AvgIpc) is 3.36. The first-order valence-electron chi connectivity index (χ1n) is 21.2. The van der Waals surface area contributed by atoms with Crippen molar-refractivity contribution in [3.63, 3.8) is 0 Å². The SMILES string of the molecule is CC.CC.CC.CC.CC.[W]=[CH]C=CC(=[C-]N(c1ccccc1)c1ccccc1)c1ccccc1.[W]=[CH]C=CC(=[C-]N(c1ccccc1)c1ccccc1)c1ccccc1. The molecule has 6 aromatic carbocycles. The third kappa shape index (κ3) is 20.8. The molecule has 6 rings (SSSR count). The van der Waals surface area contributed by atoms with Crippen molar-refractivity contribution in [3.05, 3.63) is 230 Å². The molecule has 4 heteroatoms. The third-order valence-corrected chi connectivity index (χ3v) is 8.50. The molecule has 0 heterocycles. The third-order valence-electron chi connectivity index (χ3n) is 7.37. The fourth-order valence-corrected chi connectivity index (χ4v) is 5.57. The van der Waals surface area contributed by atoms with Crippen LogP contribution in [-0.2, 0) is 38.7 Å². The summed E-state index contributed by atoms with van der Waals surface area (Å²) in [6, 6.07) is 62.1. The molecule has 2 nitrogen and oxygen atoms in total. The van der Waals surface area contributed by atoms with Gasteiger partial charge in [-0.2, -0.15) is 0 Å². The van der Waals surface area contributed by atoms with Crippen molar-refractivity contribution in [2.45, 2.75) is 69.2 Å². The van der Waals surface area contributed by atoms with Crippen LogP contribution in [0.5, 0.6) is 0 Å². The zero-order valence-corrected chi connectivity index (χ0v) is 43.4. The molecule has 314 valence electrons. The predicted octanol–water partition coefficient (Wildman–Crippen LogP) is 16.3. The molecule has 0 saturated heterocycles. The molecular weight excluding hydrogens is 1070 g/mol. The summed E-state index contributed by atoms with van der Waals surface area (Å²) in [6.07, 6.45) is 15.6. The van der Waals surface area contributed by atoms with E-state index in [2.05, 4.69) is 152 Å². The first-order valence-corrected chi connectivity index (χ1v) is 24.6. The first-order chi connectivity index (χ1) is 29.8. The minimum atomic E-state index is 1.05. The van der Waals surface area contributed by atoms with E-state index in [0.29, 0.717) is 0 Å². The maximum atomic E-state index is 3.59. The van der Waals surface area contributed by atoms with E-state index in [9.17, 15) is 0 Å². The van der Waals surface area contributed by atoms with Crippen molar-refractivity contribution in [1.29, 1.82) is 0 Å². The van der Waals surface area contributed by atoms with E-state index in [4.69, 9.17) is 0 Å². The van der Waals surface area contributed by atoms with Crippen LogP contribution >= 0.6 is 0 Å². The number of allylic oxidation sites excluding steroid dienone is 6. The molecule has 0 radical (unpaired) electrons. The Morgan fingerprint density at radius 3 is 0.733 bits per heavy atom. The molecule has 0 aliphatic carbocycles. The van der Waals surface area contributed by atoms with Crippen molar-refractivity contribution < 1.29 is 38.7 Å². The summed E-state index contributed by atoms with van der Waals surface area (Å²) in [5, 5.41) is 0. The summed E-state index contributed by atoms with van der Waals surface area (Å²) < 4.78 is 4.22. The van der Waals surface area contributed by atoms with Crippen LogP contribution in [0.4, 0.5) is 22.7 Å². The van der Waals surface area contributed by atoms with E-state index in [1.807, 2.05) is 154 Å². The molecule has 0 aliphatic heterocycles. The molecule has 0 spiro atoms. The Morgan fingerprint density at radius 1 is 0.333 bits per heavy atom. The Morgan fingerprint density at radius 2 is 0.533 bits per heavy atom. The molecule has 0 aliphatic rings. The van der Waals surface area contributed by atoms with Crippen LogP contribution in [0.1, 0.15) is 80.4 Å². The Kier molecular flexibility index (Phi) is 35.0. The average molecular weight is 1130 g/mol. The monoisotopic (exact) mass is 1130 g/mol. The Hall–Kier alpha value is -5.00. The van der Waals surface area contributed by atoms with E-state index < -0.39 is 0 Å². The second-order valence-corrected chi connectivity index (χ2v) is 12.7. The van der Waals surface area contributed by atoms with Crippen molar-refractivity contribution in [2.75, 3.05) is 9.80 Å². The maximum absolute atomic E-state index is 3.59. The molecular formula is C56H66N2W2-2. The van der Waals surface area contributed by atoms with Crippen LogP contribution in [0.25, 0.3) is 11.1 Å². The normalized spacial score (nSPS) is 10.0. The molecule has 0 unspecified atom stereocenters. The van der Waals surface area contributed by atoms with Crippen LogP contribution in [0.3, 0.4) is 0 Å². The van der Waals surface area contributed by atoms with Gasteiger partial charge in [-0.15, -0.1) is 0 Å². The second-order valence-electron chi connectivity index (χ2n) is 10.8. The summed E-state index contributed by atoms with van der Waals surface area (Å²) in [5.41, 5.74) is 8.73. The Balaban J connectivity index is 0.000000961. The van der Waals surface area contributed by atoms with E-state index in [-0.39, 0.29) is 0 Å². The van der Waals surface area contributed by atoms with E-state index in [1.165, 1.54) is 38.7 Å². The molecule has 6 aromatic rings.